The van der Waals surface area contributed by atoms with Crippen LogP contribution in [0.2, 0.25) is 0 Å². The van der Waals surface area contributed by atoms with Crippen molar-refractivity contribution < 1.29 is 0 Å². The summed E-state index contributed by atoms with van der Waals surface area (Å²) in [5.41, 5.74) is 1.12. The molecule has 0 saturated heterocycles. The molecule has 78 valence electrons. The largest absolute Gasteiger partial charge is 0.366 e. The van der Waals surface area contributed by atoms with Crippen molar-refractivity contribution in [3.8, 4) is 6.07 Å². The van der Waals surface area contributed by atoms with Gasteiger partial charge in [-0.05, 0) is 12.1 Å². The van der Waals surface area contributed by atoms with Gasteiger partial charge in [-0.1, -0.05) is 40.7 Å². The molecule has 3 heteroatoms. The van der Waals surface area contributed by atoms with E-state index in [9.17, 15) is 0 Å². The highest BCUT2D eigenvalue weighted by molar-refractivity contribution is 9.11. The monoisotopic (exact) mass is 264 g/mol. The van der Waals surface area contributed by atoms with Gasteiger partial charge in [-0.25, -0.2) is 0 Å². The molecule has 0 aliphatic heterocycles. The third kappa shape index (κ3) is 4.18. The summed E-state index contributed by atoms with van der Waals surface area (Å²) >= 11 is 3.35. The molecular weight excluding hydrogens is 252 g/mol. The summed E-state index contributed by atoms with van der Waals surface area (Å²) in [4.78, 5) is 2.13. The number of halogens is 1. The van der Waals surface area contributed by atoms with Crippen LogP contribution < -0.4 is 4.90 Å². The third-order valence-corrected chi connectivity index (χ3v) is 2.23. The van der Waals surface area contributed by atoms with E-state index in [0.717, 1.165) is 23.3 Å². The molecule has 0 spiro atoms. The van der Waals surface area contributed by atoms with Crippen molar-refractivity contribution in [2.75, 3.05) is 18.0 Å². The van der Waals surface area contributed by atoms with Gasteiger partial charge in [0, 0.05) is 23.3 Å². The Kier molecular flexibility index (Phi) is 4.92. The topological polar surface area (TPSA) is 27.0 Å². The standard InChI is InChI=1S/C12H13BrN2/c1-11(13)10-15(9-5-8-14)12-6-3-2-4-7-12/h2-4,6-7H,1,5,9-10H2. The predicted molar refractivity (Wildman–Crippen MR) is 67.0 cm³/mol. The van der Waals surface area contributed by atoms with Crippen molar-refractivity contribution >= 4 is 21.6 Å². The predicted octanol–water partition coefficient (Wildman–Crippen LogP) is 3.32. The lowest BCUT2D eigenvalue weighted by Crippen LogP contribution is -2.25. The van der Waals surface area contributed by atoms with E-state index in [1.807, 2.05) is 30.3 Å². The number of rotatable bonds is 5. The maximum atomic E-state index is 8.59. The smallest absolute Gasteiger partial charge is 0.0640 e. The van der Waals surface area contributed by atoms with Crippen molar-refractivity contribution in [2.24, 2.45) is 0 Å². The number of para-hydroxylation sites is 1. The summed E-state index contributed by atoms with van der Waals surface area (Å²) in [7, 11) is 0. The summed E-state index contributed by atoms with van der Waals surface area (Å²) < 4.78 is 0.921. The van der Waals surface area contributed by atoms with Gasteiger partial charge in [0.15, 0.2) is 0 Å². The zero-order valence-corrected chi connectivity index (χ0v) is 10.1. The van der Waals surface area contributed by atoms with Gasteiger partial charge in [0.25, 0.3) is 0 Å². The van der Waals surface area contributed by atoms with E-state index in [2.05, 4.69) is 33.5 Å². The Labute approximate surface area is 99.0 Å². The fraction of sp³-hybridized carbons (Fsp3) is 0.250. The maximum absolute atomic E-state index is 8.59. The van der Waals surface area contributed by atoms with Crippen LogP contribution in [-0.4, -0.2) is 13.1 Å². The number of hydrogen-bond donors (Lipinski definition) is 0. The Morgan fingerprint density at radius 1 is 1.40 bits per heavy atom. The van der Waals surface area contributed by atoms with Crippen molar-refractivity contribution in [3.63, 3.8) is 0 Å². The normalized spacial score (nSPS) is 9.33. The van der Waals surface area contributed by atoms with Crippen LogP contribution in [0.1, 0.15) is 6.42 Å². The number of anilines is 1. The first-order valence-electron chi connectivity index (χ1n) is 4.74. The van der Waals surface area contributed by atoms with E-state index in [1.165, 1.54) is 0 Å². The minimum Gasteiger partial charge on any atom is -0.366 e. The van der Waals surface area contributed by atoms with Gasteiger partial charge in [-0.15, -0.1) is 0 Å². The fourth-order valence-corrected chi connectivity index (χ4v) is 1.63. The second-order valence-electron chi connectivity index (χ2n) is 3.18. The zero-order chi connectivity index (χ0) is 11.1. The van der Waals surface area contributed by atoms with Crippen molar-refractivity contribution in [1.29, 1.82) is 5.26 Å². The van der Waals surface area contributed by atoms with Crippen LogP contribution >= 0.6 is 15.9 Å². The molecule has 0 heterocycles. The molecule has 0 N–H and O–H groups in total. The Hall–Kier alpha value is -1.27. The lowest BCUT2D eigenvalue weighted by atomic mass is 10.2. The van der Waals surface area contributed by atoms with Crippen LogP contribution in [0.3, 0.4) is 0 Å². The van der Waals surface area contributed by atoms with Crippen LogP contribution in [0.15, 0.2) is 41.4 Å². The van der Waals surface area contributed by atoms with E-state index in [1.54, 1.807) is 0 Å². The van der Waals surface area contributed by atoms with Gasteiger partial charge in [0.05, 0.1) is 12.5 Å². The van der Waals surface area contributed by atoms with Crippen LogP contribution in [0.5, 0.6) is 0 Å². The lowest BCUT2D eigenvalue weighted by Gasteiger charge is -2.23. The molecule has 0 atom stereocenters. The Bertz CT molecular complexity index is 354. The summed E-state index contributed by atoms with van der Waals surface area (Å²) in [6.45, 7) is 5.28. The average Bonchev–Trinajstić information content (AvgIpc) is 2.25. The Morgan fingerprint density at radius 3 is 2.60 bits per heavy atom. The summed E-state index contributed by atoms with van der Waals surface area (Å²) in [6, 6.07) is 12.2. The van der Waals surface area contributed by atoms with Crippen molar-refractivity contribution in [3.05, 3.63) is 41.4 Å². The minimum absolute atomic E-state index is 0.523. The molecule has 2 nitrogen and oxygen atoms in total. The molecule has 15 heavy (non-hydrogen) atoms. The highest BCUT2D eigenvalue weighted by Gasteiger charge is 2.05. The van der Waals surface area contributed by atoms with E-state index in [4.69, 9.17) is 5.26 Å². The molecule has 0 fully saturated rings. The molecule has 0 radical (unpaired) electrons. The van der Waals surface area contributed by atoms with Crippen LogP contribution in [0, 0.1) is 11.3 Å². The number of nitriles is 1. The van der Waals surface area contributed by atoms with Gasteiger partial charge >= 0.3 is 0 Å². The summed E-state index contributed by atoms with van der Waals surface area (Å²) in [6.07, 6.45) is 0.523. The summed E-state index contributed by atoms with van der Waals surface area (Å²) in [5, 5.41) is 8.59. The minimum atomic E-state index is 0.523. The molecule has 0 aliphatic rings. The Morgan fingerprint density at radius 2 is 2.07 bits per heavy atom. The lowest BCUT2D eigenvalue weighted by molar-refractivity contribution is 0.856. The second-order valence-corrected chi connectivity index (χ2v) is 4.30. The first-order chi connectivity index (χ1) is 7.24. The fourth-order valence-electron chi connectivity index (χ4n) is 1.33. The highest BCUT2D eigenvalue weighted by atomic mass is 79.9. The Balaban J connectivity index is 2.72. The van der Waals surface area contributed by atoms with Crippen molar-refractivity contribution in [1.82, 2.24) is 0 Å². The van der Waals surface area contributed by atoms with E-state index >= 15 is 0 Å². The van der Waals surface area contributed by atoms with Gasteiger partial charge < -0.3 is 4.90 Å². The van der Waals surface area contributed by atoms with E-state index < -0.39 is 0 Å². The van der Waals surface area contributed by atoms with E-state index in [-0.39, 0.29) is 0 Å². The number of hydrogen-bond acceptors (Lipinski definition) is 2. The molecule has 1 aromatic rings. The first-order valence-corrected chi connectivity index (χ1v) is 5.53. The first kappa shape index (κ1) is 11.8. The molecule has 1 rings (SSSR count). The molecule has 1 aromatic carbocycles. The molecule has 0 amide bonds. The van der Waals surface area contributed by atoms with Gasteiger partial charge in [-0.2, -0.15) is 5.26 Å². The second kappa shape index (κ2) is 6.26. The summed E-state index contributed by atoms with van der Waals surface area (Å²) in [5.74, 6) is 0. The van der Waals surface area contributed by atoms with E-state index in [0.29, 0.717) is 6.42 Å². The number of benzene rings is 1. The average molecular weight is 265 g/mol. The third-order valence-electron chi connectivity index (χ3n) is 1.98. The SMILES string of the molecule is C=C(Br)CN(CCC#N)c1ccccc1. The number of nitrogens with zero attached hydrogens (tertiary/aromatic N) is 2. The molecule has 0 unspecified atom stereocenters. The quantitative estimate of drug-likeness (QED) is 0.816. The zero-order valence-electron chi connectivity index (χ0n) is 8.49. The molecule has 0 bridgehead atoms. The van der Waals surface area contributed by atoms with Crippen LogP contribution in [-0.2, 0) is 0 Å². The van der Waals surface area contributed by atoms with Gasteiger partial charge in [-0.3, -0.25) is 0 Å². The maximum Gasteiger partial charge on any atom is 0.0640 e. The van der Waals surface area contributed by atoms with Gasteiger partial charge in [0.1, 0.15) is 0 Å². The van der Waals surface area contributed by atoms with Gasteiger partial charge in [0.2, 0.25) is 0 Å². The molecule has 0 aromatic heterocycles. The highest BCUT2D eigenvalue weighted by Crippen LogP contribution is 2.16. The van der Waals surface area contributed by atoms with Crippen LogP contribution in [0.4, 0.5) is 5.69 Å². The van der Waals surface area contributed by atoms with Crippen LogP contribution in [0.25, 0.3) is 0 Å². The molecular formula is C12H13BrN2. The molecule has 0 aliphatic carbocycles. The van der Waals surface area contributed by atoms with Crippen molar-refractivity contribution in [2.45, 2.75) is 6.42 Å². The molecule has 0 saturated carbocycles.